The fourth-order valence-corrected chi connectivity index (χ4v) is 4.79. The molecule has 2 aromatic carbocycles. The molecule has 7 heteroatoms. The number of benzene rings is 2. The Labute approximate surface area is 165 Å². The summed E-state index contributed by atoms with van der Waals surface area (Å²) in [5.74, 6) is -0.114. The monoisotopic (exact) mass is 397 g/mol. The second-order valence-corrected chi connectivity index (χ2v) is 9.71. The summed E-state index contributed by atoms with van der Waals surface area (Å²) in [5.41, 5.74) is 5.30. The van der Waals surface area contributed by atoms with Crippen LogP contribution in [0.5, 0.6) is 0 Å². The highest BCUT2D eigenvalue weighted by Gasteiger charge is 2.30. The van der Waals surface area contributed by atoms with Gasteiger partial charge in [-0.15, -0.1) is 0 Å². The molecule has 2 N–H and O–H groups in total. The van der Waals surface area contributed by atoms with Gasteiger partial charge >= 0.3 is 0 Å². The molecule has 1 unspecified atom stereocenters. The SMILES string of the molecule is Cc1cccc2c1/C(=C/Nc1ccc(N3CCC(S(C)(=O)=O)C3)cc1)C(=O)N2. The second-order valence-electron chi connectivity index (χ2n) is 7.39. The highest BCUT2D eigenvalue weighted by molar-refractivity contribution is 7.91. The van der Waals surface area contributed by atoms with Crippen molar-refractivity contribution in [2.75, 3.05) is 34.9 Å². The highest BCUT2D eigenvalue weighted by Crippen LogP contribution is 2.34. The van der Waals surface area contributed by atoms with Crippen LogP contribution in [-0.4, -0.2) is 38.9 Å². The average molecular weight is 398 g/mol. The standard InChI is InChI=1S/C21H23N3O3S/c1-14-4-3-5-19-20(14)18(21(25)23-19)12-22-15-6-8-16(9-7-15)24-11-10-17(13-24)28(2,26)27/h3-9,12,17,22H,10-11,13H2,1-2H3,(H,23,25)/b18-12-. The minimum Gasteiger partial charge on any atom is -0.370 e. The predicted octanol–water partition coefficient (Wildman–Crippen LogP) is 3.02. The first kappa shape index (κ1) is 18.6. The fourth-order valence-electron chi connectivity index (χ4n) is 3.81. The van der Waals surface area contributed by atoms with Crippen LogP contribution >= 0.6 is 0 Å². The lowest BCUT2D eigenvalue weighted by Gasteiger charge is -2.18. The van der Waals surface area contributed by atoms with E-state index in [1.807, 2.05) is 49.4 Å². The molecule has 0 saturated carbocycles. The highest BCUT2D eigenvalue weighted by atomic mass is 32.2. The molecule has 0 aromatic heterocycles. The molecule has 1 atom stereocenters. The van der Waals surface area contributed by atoms with Gasteiger partial charge in [0.15, 0.2) is 9.84 Å². The predicted molar refractivity (Wildman–Crippen MR) is 113 cm³/mol. The van der Waals surface area contributed by atoms with Gasteiger partial charge < -0.3 is 15.5 Å². The lowest BCUT2D eigenvalue weighted by atomic mass is 10.0. The molecule has 2 aliphatic heterocycles. The van der Waals surface area contributed by atoms with Crippen LogP contribution in [-0.2, 0) is 14.6 Å². The van der Waals surface area contributed by atoms with Gasteiger partial charge in [0.1, 0.15) is 0 Å². The number of aryl methyl sites for hydroxylation is 1. The van der Waals surface area contributed by atoms with E-state index < -0.39 is 9.84 Å². The maximum atomic E-state index is 12.3. The Bertz CT molecular complexity index is 1060. The van der Waals surface area contributed by atoms with Crippen molar-refractivity contribution < 1.29 is 13.2 Å². The number of amides is 1. The van der Waals surface area contributed by atoms with Crippen molar-refractivity contribution in [1.29, 1.82) is 0 Å². The van der Waals surface area contributed by atoms with Crippen LogP contribution < -0.4 is 15.5 Å². The fraction of sp³-hybridized carbons (Fsp3) is 0.286. The first-order valence-corrected chi connectivity index (χ1v) is 11.2. The van der Waals surface area contributed by atoms with Crippen LogP contribution in [0.25, 0.3) is 5.57 Å². The molecule has 1 fully saturated rings. The zero-order valence-electron chi connectivity index (χ0n) is 15.9. The largest absolute Gasteiger partial charge is 0.370 e. The third kappa shape index (κ3) is 3.49. The van der Waals surface area contributed by atoms with E-state index in [2.05, 4.69) is 15.5 Å². The number of hydrogen-bond donors (Lipinski definition) is 2. The van der Waals surface area contributed by atoms with E-state index in [4.69, 9.17) is 0 Å². The third-order valence-electron chi connectivity index (χ3n) is 5.40. The molecular formula is C21H23N3O3S. The van der Waals surface area contributed by atoms with E-state index in [-0.39, 0.29) is 11.2 Å². The van der Waals surface area contributed by atoms with E-state index in [0.29, 0.717) is 18.5 Å². The molecule has 6 nitrogen and oxygen atoms in total. The first-order valence-electron chi connectivity index (χ1n) is 9.25. The lowest BCUT2D eigenvalue weighted by molar-refractivity contribution is -0.110. The van der Waals surface area contributed by atoms with Crippen molar-refractivity contribution in [2.24, 2.45) is 0 Å². The summed E-state index contributed by atoms with van der Waals surface area (Å²) in [5, 5.41) is 5.79. The maximum absolute atomic E-state index is 12.3. The third-order valence-corrected chi connectivity index (χ3v) is 7.00. The Morgan fingerprint density at radius 2 is 1.93 bits per heavy atom. The van der Waals surface area contributed by atoms with Crippen molar-refractivity contribution in [3.63, 3.8) is 0 Å². The van der Waals surface area contributed by atoms with Crippen LogP contribution in [0.3, 0.4) is 0 Å². The summed E-state index contributed by atoms with van der Waals surface area (Å²) in [6.07, 6.45) is 3.71. The first-order chi connectivity index (χ1) is 13.3. The Hall–Kier alpha value is -2.80. The molecule has 0 aliphatic carbocycles. The van der Waals surface area contributed by atoms with Gasteiger partial charge in [-0.2, -0.15) is 0 Å². The number of anilines is 3. The van der Waals surface area contributed by atoms with Gasteiger partial charge in [-0.3, -0.25) is 4.79 Å². The molecule has 0 spiro atoms. The maximum Gasteiger partial charge on any atom is 0.257 e. The Balaban J connectivity index is 1.48. The summed E-state index contributed by atoms with van der Waals surface area (Å²) in [6, 6.07) is 13.6. The zero-order chi connectivity index (χ0) is 19.9. The molecule has 1 amide bonds. The number of nitrogens with one attached hydrogen (secondary N) is 2. The number of fused-ring (bicyclic) bond motifs is 1. The Kier molecular flexibility index (Phi) is 4.63. The number of sulfone groups is 1. The summed E-state index contributed by atoms with van der Waals surface area (Å²) in [4.78, 5) is 14.4. The molecule has 28 heavy (non-hydrogen) atoms. The van der Waals surface area contributed by atoms with Crippen LogP contribution in [0.2, 0.25) is 0 Å². The number of carbonyl (C=O) groups is 1. The van der Waals surface area contributed by atoms with Crippen molar-refractivity contribution in [3.8, 4) is 0 Å². The lowest BCUT2D eigenvalue weighted by Crippen LogP contribution is -2.25. The number of rotatable bonds is 4. The number of nitrogens with zero attached hydrogens (tertiary/aromatic N) is 1. The van der Waals surface area contributed by atoms with Gasteiger partial charge in [-0.25, -0.2) is 8.42 Å². The molecule has 1 saturated heterocycles. The Morgan fingerprint density at radius 3 is 2.61 bits per heavy atom. The molecular weight excluding hydrogens is 374 g/mol. The molecule has 146 valence electrons. The van der Waals surface area contributed by atoms with E-state index in [1.54, 1.807) is 6.20 Å². The zero-order valence-corrected chi connectivity index (χ0v) is 16.7. The number of hydrogen-bond acceptors (Lipinski definition) is 5. The molecule has 0 radical (unpaired) electrons. The molecule has 2 heterocycles. The van der Waals surface area contributed by atoms with Crippen LogP contribution in [0.1, 0.15) is 17.5 Å². The molecule has 4 rings (SSSR count). The van der Waals surface area contributed by atoms with Crippen LogP contribution in [0, 0.1) is 6.92 Å². The van der Waals surface area contributed by atoms with E-state index >= 15 is 0 Å². The van der Waals surface area contributed by atoms with Gasteiger partial charge in [-0.05, 0) is 49.2 Å². The van der Waals surface area contributed by atoms with Gasteiger partial charge in [0.25, 0.3) is 5.91 Å². The van der Waals surface area contributed by atoms with Crippen molar-refractivity contribution >= 4 is 38.4 Å². The van der Waals surface area contributed by atoms with E-state index in [1.165, 1.54) is 6.26 Å². The van der Waals surface area contributed by atoms with Gasteiger partial charge in [0.2, 0.25) is 0 Å². The summed E-state index contributed by atoms with van der Waals surface area (Å²) >= 11 is 0. The van der Waals surface area contributed by atoms with Crippen molar-refractivity contribution in [3.05, 3.63) is 59.8 Å². The number of carbonyl (C=O) groups excluding carboxylic acids is 1. The van der Waals surface area contributed by atoms with Crippen molar-refractivity contribution in [1.82, 2.24) is 0 Å². The summed E-state index contributed by atoms with van der Waals surface area (Å²) in [6.45, 7) is 3.26. The quantitative estimate of drug-likeness (QED) is 0.776. The minimum atomic E-state index is -3.00. The van der Waals surface area contributed by atoms with Crippen molar-refractivity contribution in [2.45, 2.75) is 18.6 Å². The Morgan fingerprint density at radius 1 is 1.18 bits per heavy atom. The van der Waals surface area contributed by atoms with Crippen LogP contribution in [0.15, 0.2) is 48.7 Å². The molecule has 0 bridgehead atoms. The smallest absolute Gasteiger partial charge is 0.257 e. The van der Waals surface area contributed by atoms with Gasteiger partial charge in [0.05, 0.1) is 10.8 Å². The average Bonchev–Trinajstić information content (AvgIpc) is 3.26. The summed E-state index contributed by atoms with van der Waals surface area (Å²) in [7, 11) is -3.00. The summed E-state index contributed by atoms with van der Waals surface area (Å²) < 4.78 is 23.5. The minimum absolute atomic E-state index is 0.114. The molecule has 2 aromatic rings. The normalized spacial score (nSPS) is 20.4. The van der Waals surface area contributed by atoms with Gasteiger partial charge in [-0.1, -0.05) is 12.1 Å². The van der Waals surface area contributed by atoms with E-state index in [9.17, 15) is 13.2 Å². The molecule has 2 aliphatic rings. The van der Waals surface area contributed by atoms with Crippen LogP contribution in [0.4, 0.5) is 17.1 Å². The second kappa shape index (κ2) is 6.98. The topological polar surface area (TPSA) is 78.5 Å². The van der Waals surface area contributed by atoms with Gasteiger partial charge in [0, 0.05) is 48.2 Å². The van der Waals surface area contributed by atoms with E-state index in [0.717, 1.165) is 34.7 Å².